The van der Waals surface area contributed by atoms with Gasteiger partial charge in [0.25, 0.3) is 11.8 Å². The molecule has 144 valence electrons. The molecule has 3 N–H and O–H groups in total. The van der Waals surface area contributed by atoms with Gasteiger partial charge < -0.3 is 5.11 Å². The minimum atomic E-state index is -0.610. The number of aromatic hydroxyl groups is 1. The molecule has 0 spiro atoms. The van der Waals surface area contributed by atoms with Gasteiger partial charge in [0, 0.05) is 11.3 Å². The Morgan fingerprint density at radius 3 is 2.34 bits per heavy atom. The van der Waals surface area contributed by atoms with Gasteiger partial charge in [-0.05, 0) is 49.4 Å². The largest absolute Gasteiger partial charge is 0.507 e. The number of nitrogens with one attached hydrogen (secondary N) is 2. The van der Waals surface area contributed by atoms with E-state index in [0.29, 0.717) is 11.1 Å². The number of hydrogen-bond donors (Lipinski definition) is 3. The first kappa shape index (κ1) is 18.2. The van der Waals surface area contributed by atoms with Crippen LogP contribution in [0.5, 0.6) is 5.75 Å². The van der Waals surface area contributed by atoms with Crippen LogP contribution in [0.25, 0.3) is 16.7 Å². The molecule has 0 fully saturated rings. The van der Waals surface area contributed by atoms with Crippen molar-refractivity contribution in [3.8, 4) is 11.4 Å². The molecule has 7 heteroatoms. The number of phenolic OH excluding ortho intramolecular Hbond substituents is 1. The van der Waals surface area contributed by atoms with E-state index in [1.54, 1.807) is 24.3 Å². The first-order valence-corrected chi connectivity index (χ1v) is 8.98. The zero-order valence-corrected chi connectivity index (χ0v) is 15.6. The van der Waals surface area contributed by atoms with E-state index in [1.165, 1.54) is 12.1 Å². The van der Waals surface area contributed by atoms with Crippen LogP contribution in [0.1, 0.15) is 26.5 Å². The Balaban J connectivity index is 1.55. The summed E-state index contributed by atoms with van der Waals surface area (Å²) in [6.45, 7) is 1.90. The van der Waals surface area contributed by atoms with Crippen molar-refractivity contribution in [2.75, 3.05) is 0 Å². The summed E-state index contributed by atoms with van der Waals surface area (Å²) in [4.78, 5) is 29.1. The van der Waals surface area contributed by atoms with Crippen LogP contribution in [-0.4, -0.2) is 26.5 Å². The number of phenols is 1. The van der Waals surface area contributed by atoms with Gasteiger partial charge in [0.1, 0.15) is 11.6 Å². The molecule has 29 heavy (non-hydrogen) atoms. The van der Waals surface area contributed by atoms with Crippen LogP contribution in [0, 0.1) is 6.92 Å². The van der Waals surface area contributed by atoms with Crippen molar-refractivity contribution in [1.82, 2.24) is 20.4 Å². The highest BCUT2D eigenvalue weighted by molar-refractivity contribution is 6.01. The number of imidazole rings is 1. The summed E-state index contributed by atoms with van der Waals surface area (Å²) in [5.74, 6) is -0.455. The van der Waals surface area contributed by atoms with Crippen molar-refractivity contribution < 1.29 is 14.7 Å². The monoisotopic (exact) mass is 386 g/mol. The standard InChI is InChI=1S/C22H18N4O3/c1-14-23-18-13-15(11-12-19(18)26(14)16-7-3-2-4-8-16)21(28)24-25-22(29)17-9-5-6-10-20(17)27/h2-13,27H,1H3,(H,24,28)(H,25,29). The summed E-state index contributed by atoms with van der Waals surface area (Å²) in [5, 5.41) is 9.72. The van der Waals surface area contributed by atoms with E-state index in [1.807, 2.05) is 47.9 Å². The number of carbonyl (C=O) groups excluding carboxylic acids is 2. The highest BCUT2D eigenvalue weighted by Crippen LogP contribution is 2.22. The molecular formula is C22H18N4O3. The number of fused-ring (bicyclic) bond motifs is 1. The van der Waals surface area contributed by atoms with Crippen molar-refractivity contribution >= 4 is 22.8 Å². The molecule has 0 saturated heterocycles. The summed E-state index contributed by atoms with van der Waals surface area (Å²) < 4.78 is 2.01. The van der Waals surface area contributed by atoms with Crippen LogP contribution in [0.2, 0.25) is 0 Å². The minimum Gasteiger partial charge on any atom is -0.507 e. The van der Waals surface area contributed by atoms with Gasteiger partial charge in [-0.15, -0.1) is 0 Å². The Morgan fingerprint density at radius 1 is 0.897 bits per heavy atom. The topological polar surface area (TPSA) is 96.2 Å². The second-order valence-electron chi connectivity index (χ2n) is 6.46. The van der Waals surface area contributed by atoms with Crippen molar-refractivity contribution in [2.45, 2.75) is 6.92 Å². The summed E-state index contributed by atoms with van der Waals surface area (Å²) in [6.07, 6.45) is 0. The summed E-state index contributed by atoms with van der Waals surface area (Å²) >= 11 is 0. The molecule has 7 nitrogen and oxygen atoms in total. The van der Waals surface area contributed by atoms with E-state index in [2.05, 4.69) is 15.8 Å². The third-order valence-corrected chi connectivity index (χ3v) is 4.54. The van der Waals surface area contributed by atoms with E-state index in [4.69, 9.17) is 0 Å². The lowest BCUT2D eigenvalue weighted by Crippen LogP contribution is -2.41. The lowest BCUT2D eigenvalue weighted by atomic mass is 10.2. The Labute approximate surface area is 166 Å². The van der Waals surface area contributed by atoms with Crippen molar-refractivity contribution in [3.63, 3.8) is 0 Å². The fourth-order valence-corrected chi connectivity index (χ4v) is 3.16. The Morgan fingerprint density at radius 2 is 1.59 bits per heavy atom. The highest BCUT2D eigenvalue weighted by Gasteiger charge is 2.15. The molecule has 4 aromatic rings. The maximum atomic E-state index is 12.4. The molecule has 4 rings (SSSR count). The van der Waals surface area contributed by atoms with E-state index < -0.39 is 11.8 Å². The predicted octanol–water partition coefficient (Wildman–Crippen LogP) is 3.11. The maximum absolute atomic E-state index is 12.4. The van der Waals surface area contributed by atoms with Gasteiger partial charge in [0.05, 0.1) is 16.6 Å². The third kappa shape index (κ3) is 3.53. The Hall–Kier alpha value is -4.13. The number of aryl methyl sites for hydroxylation is 1. The van der Waals surface area contributed by atoms with Gasteiger partial charge in [-0.1, -0.05) is 30.3 Å². The first-order valence-electron chi connectivity index (χ1n) is 8.98. The number of rotatable bonds is 3. The second kappa shape index (κ2) is 7.47. The SMILES string of the molecule is Cc1nc2cc(C(=O)NNC(=O)c3ccccc3O)ccc2n1-c1ccccc1. The van der Waals surface area contributed by atoms with Crippen LogP contribution in [-0.2, 0) is 0 Å². The molecule has 3 aromatic carbocycles. The first-order chi connectivity index (χ1) is 14.0. The van der Waals surface area contributed by atoms with Gasteiger partial charge in [0.2, 0.25) is 0 Å². The van der Waals surface area contributed by atoms with E-state index >= 15 is 0 Å². The quantitative estimate of drug-likeness (QED) is 0.472. The average Bonchev–Trinajstić information content (AvgIpc) is 3.07. The maximum Gasteiger partial charge on any atom is 0.273 e. The number of hydrogen-bond acceptors (Lipinski definition) is 4. The van der Waals surface area contributed by atoms with Gasteiger partial charge in [-0.2, -0.15) is 0 Å². The number of nitrogens with zero attached hydrogens (tertiary/aromatic N) is 2. The van der Waals surface area contributed by atoms with Crippen LogP contribution in [0.3, 0.4) is 0 Å². The van der Waals surface area contributed by atoms with Crippen LogP contribution < -0.4 is 10.9 Å². The van der Waals surface area contributed by atoms with Gasteiger partial charge in [-0.25, -0.2) is 4.98 Å². The molecule has 0 unspecified atom stereocenters. The number of carbonyl (C=O) groups is 2. The van der Waals surface area contributed by atoms with Gasteiger partial charge >= 0.3 is 0 Å². The fourth-order valence-electron chi connectivity index (χ4n) is 3.16. The minimum absolute atomic E-state index is 0.0699. The van der Waals surface area contributed by atoms with Crippen molar-refractivity contribution in [2.24, 2.45) is 0 Å². The van der Waals surface area contributed by atoms with Crippen LogP contribution in [0.4, 0.5) is 0 Å². The fraction of sp³-hybridized carbons (Fsp3) is 0.0455. The molecule has 2 amide bonds. The predicted molar refractivity (Wildman–Crippen MR) is 109 cm³/mol. The smallest absolute Gasteiger partial charge is 0.273 e. The van der Waals surface area contributed by atoms with E-state index in [0.717, 1.165) is 17.0 Å². The molecule has 0 bridgehead atoms. The van der Waals surface area contributed by atoms with Gasteiger partial charge in [0.15, 0.2) is 0 Å². The number of para-hydroxylation sites is 2. The van der Waals surface area contributed by atoms with Crippen molar-refractivity contribution in [1.29, 1.82) is 0 Å². The molecule has 1 aromatic heterocycles. The number of amides is 2. The second-order valence-corrected chi connectivity index (χ2v) is 6.46. The van der Waals surface area contributed by atoms with Crippen molar-refractivity contribution in [3.05, 3.63) is 89.7 Å². The molecule has 0 radical (unpaired) electrons. The molecule has 0 aliphatic heterocycles. The summed E-state index contributed by atoms with van der Waals surface area (Å²) in [7, 11) is 0. The van der Waals surface area contributed by atoms with Crippen LogP contribution in [0.15, 0.2) is 72.8 Å². The zero-order valence-electron chi connectivity index (χ0n) is 15.6. The molecule has 0 aliphatic carbocycles. The third-order valence-electron chi connectivity index (χ3n) is 4.54. The Bertz CT molecular complexity index is 1220. The highest BCUT2D eigenvalue weighted by atomic mass is 16.3. The summed E-state index contributed by atoms with van der Waals surface area (Å²) in [5.41, 5.74) is 7.62. The molecule has 1 heterocycles. The average molecular weight is 386 g/mol. The lowest BCUT2D eigenvalue weighted by molar-refractivity contribution is 0.0845. The zero-order chi connectivity index (χ0) is 20.4. The summed E-state index contributed by atoms with van der Waals surface area (Å²) in [6, 6.07) is 21.1. The van der Waals surface area contributed by atoms with Gasteiger partial charge in [-0.3, -0.25) is 25.0 Å². The number of aromatic nitrogens is 2. The number of hydrazine groups is 1. The normalized spacial score (nSPS) is 10.7. The molecule has 0 atom stereocenters. The van der Waals surface area contributed by atoms with E-state index in [9.17, 15) is 14.7 Å². The van der Waals surface area contributed by atoms with Crippen LogP contribution >= 0.6 is 0 Å². The Kier molecular flexibility index (Phi) is 4.70. The lowest BCUT2D eigenvalue weighted by Gasteiger charge is -2.09. The molecular weight excluding hydrogens is 368 g/mol. The molecule has 0 aliphatic rings. The number of benzene rings is 3. The van der Waals surface area contributed by atoms with E-state index in [-0.39, 0.29) is 11.3 Å². The molecule has 0 saturated carbocycles.